The van der Waals surface area contributed by atoms with Crippen LogP contribution >= 0.6 is 11.6 Å². The van der Waals surface area contributed by atoms with Gasteiger partial charge in [-0.05, 0) is 29.3 Å². The quantitative estimate of drug-likeness (QED) is 0.389. The lowest BCUT2D eigenvalue weighted by molar-refractivity contribution is -0.139. The number of para-hydroxylation sites is 1. The Hall–Kier alpha value is -3.47. The molecule has 0 aliphatic rings. The summed E-state index contributed by atoms with van der Waals surface area (Å²) in [5.74, 6) is -1.96. The predicted molar refractivity (Wildman–Crippen MR) is 146 cm³/mol. The third-order valence-electron chi connectivity index (χ3n) is 5.96. The molecule has 3 aromatic rings. The highest BCUT2D eigenvalue weighted by atomic mass is 35.5. The Bertz CT molecular complexity index is 1370. The lowest BCUT2D eigenvalue weighted by Crippen LogP contribution is -2.54. The van der Waals surface area contributed by atoms with Crippen molar-refractivity contribution in [3.8, 4) is 0 Å². The number of carbonyl (C=O) groups excluding carboxylic acids is 2. The molecule has 0 saturated carbocycles. The Kier molecular flexibility index (Phi) is 9.84. The van der Waals surface area contributed by atoms with Gasteiger partial charge in [0.1, 0.15) is 18.4 Å². The fourth-order valence-electron chi connectivity index (χ4n) is 3.89. The van der Waals surface area contributed by atoms with E-state index in [0.29, 0.717) is 14.9 Å². The van der Waals surface area contributed by atoms with Gasteiger partial charge in [0.2, 0.25) is 11.8 Å². The molecule has 1 atom stereocenters. The Balaban J connectivity index is 2.09. The topological polar surface area (TPSA) is 90.0 Å². The monoisotopic (exact) mass is 560 g/mol. The summed E-state index contributed by atoms with van der Waals surface area (Å²) in [7, 11) is -0.244. The molecule has 1 N–H and O–H groups in total. The molecule has 202 valence electrons. The average molecular weight is 561 g/mol. The van der Waals surface area contributed by atoms with Crippen LogP contribution in [0.2, 0.25) is 5.02 Å². The normalized spacial score (nSPS) is 12.2. The number of hydrogen-bond donors (Lipinski definition) is 1. The fraction of sp³-hybridized carbons (Fsp3) is 0.259. The Morgan fingerprint density at radius 3 is 2.16 bits per heavy atom. The summed E-state index contributed by atoms with van der Waals surface area (Å²) in [6, 6.07) is 20.3. The first-order chi connectivity index (χ1) is 18.1. The molecule has 8 nitrogen and oxygen atoms in total. The van der Waals surface area contributed by atoms with Crippen molar-refractivity contribution in [1.82, 2.24) is 14.5 Å². The number of hydrogen-bond acceptors (Lipinski definition) is 4. The maximum Gasteiger partial charge on any atom is 0.304 e. The Morgan fingerprint density at radius 2 is 1.55 bits per heavy atom. The highest BCUT2D eigenvalue weighted by Crippen LogP contribution is 2.25. The van der Waals surface area contributed by atoms with Gasteiger partial charge in [-0.15, -0.1) is 0 Å². The van der Waals surface area contributed by atoms with Gasteiger partial charge in [0, 0.05) is 39.1 Å². The molecule has 3 aromatic carbocycles. The van der Waals surface area contributed by atoms with Crippen LogP contribution in [0.15, 0.2) is 78.9 Å². The molecule has 0 aromatic heterocycles. The third-order valence-corrected chi connectivity index (χ3v) is 8.13. The lowest BCUT2D eigenvalue weighted by Gasteiger charge is -2.34. The first kappa shape index (κ1) is 29.1. The van der Waals surface area contributed by atoms with Crippen molar-refractivity contribution < 1.29 is 22.4 Å². The minimum Gasteiger partial charge on any atom is -0.357 e. The van der Waals surface area contributed by atoms with Crippen LogP contribution in [0.3, 0.4) is 0 Å². The van der Waals surface area contributed by atoms with Crippen molar-refractivity contribution in [1.29, 1.82) is 0 Å². The van der Waals surface area contributed by atoms with Crippen LogP contribution in [-0.2, 0) is 32.8 Å². The number of anilines is 1. The van der Waals surface area contributed by atoms with Crippen LogP contribution in [0, 0.1) is 5.82 Å². The highest BCUT2D eigenvalue weighted by Gasteiger charge is 2.35. The van der Waals surface area contributed by atoms with Crippen molar-refractivity contribution in [3.63, 3.8) is 0 Å². The number of nitrogens with zero attached hydrogens (tertiary/aromatic N) is 3. The molecule has 3 rings (SSSR count). The molecule has 0 saturated heterocycles. The number of likely N-dealkylation sites (N-methyl/N-ethyl adjacent to an activating group) is 1. The molecule has 0 radical (unpaired) electrons. The van der Waals surface area contributed by atoms with E-state index >= 15 is 0 Å². The van der Waals surface area contributed by atoms with Gasteiger partial charge in [0.15, 0.2) is 0 Å². The fourth-order valence-corrected chi connectivity index (χ4v) is 5.15. The molecule has 11 heteroatoms. The van der Waals surface area contributed by atoms with Crippen molar-refractivity contribution in [3.05, 3.63) is 101 Å². The van der Waals surface area contributed by atoms with E-state index in [2.05, 4.69) is 5.32 Å². The van der Waals surface area contributed by atoms with E-state index in [1.165, 1.54) is 44.2 Å². The smallest absolute Gasteiger partial charge is 0.304 e. The molecule has 0 heterocycles. The van der Waals surface area contributed by atoms with Gasteiger partial charge in [0.25, 0.3) is 0 Å². The first-order valence-electron chi connectivity index (χ1n) is 11.8. The van der Waals surface area contributed by atoms with E-state index in [1.807, 2.05) is 30.3 Å². The highest BCUT2D eigenvalue weighted by molar-refractivity contribution is 7.90. The number of benzene rings is 3. The second-order valence-corrected chi connectivity index (χ2v) is 11.2. The molecule has 0 aliphatic carbocycles. The van der Waals surface area contributed by atoms with E-state index in [1.54, 1.807) is 24.3 Å². The maximum atomic E-state index is 14.8. The van der Waals surface area contributed by atoms with Gasteiger partial charge in [0.05, 0.1) is 5.69 Å². The van der Waals surface area contributed by atoms with Gasteiger partial charge in [-0.3, -0.25) is 9.59 Å². The number of carbonyl (C=O) groups is 2. The lowest BCUT2D eigenvalue weighted by atomic mass is 10.0. The molecule has 0 spiro atoms. The zero-order valence-corrected chi connectivity index (χ0v) is 22.9. The van der Waals surface area contributed by atoms with E-state index in [-0.39, 0.29) is 18.7 Å². The van der Waals surface area contributed by atoms with E-state index < -0.39 is 40.4 Å². The molecule has 38 heavy (non-hydrogen) atoms. The van der Waals surface area contributed by atoms with Crippen molar-refractivity contribution in [2.75, 3.05) is 32.0 Å². The molecular formula is C27H30ClFN4O4S. The van der Waals surface area contributed by atoms with E-state index in [4.69, 9.17) is 11.6 Å². The van der Waals surface area contributed by atoms with Gasteiger partial charge >= 0.3 is 10.2 Å². The van der Waals surface area contributed by atoms with Crippen molar-refractivity contribution in [2.45, 2.75) is 19.0 Å². The summed E-state index contributed by atoms with van der Waals surface area (Å²) in [5.41, 5.74) is 1.08. The Morgan fingerprint density at radius 1 is 0.947 bits per heavy atom. The Labute approximate surface area is 227 Å². The van der Waals surface area contributed by atoms with E-state index in [9.17, 15) is 22.4 Å². The summed E-state index contributed by atoms with van der Waals surface area (Å²) in [6.45, 7) is -0.815. The standard InChI is InChI=1S/C27H30ClFN4O4S/c1-30-27(35)25(17-20-11-5-4-6-12-20)32(18-21-13-7-8-14-22(21)28)26(34)19-33(38(36,37)31(2)3)24-16-10-9-15-23(24)29/h4-16,25H,17-19H2,1-3H3,(H,30,35)/t25-/m1/s1. The van der Waals surface area contributed by atoms with Gasteiger partial charge in [-0.2, -0.15) is 12.7 Å². The van der Waals surface area contributed by atoms with Crippen LogP contribution in [-0.4, -0.2) is 63.2 Å². The molecule has 2 amide bonds. The minimum absolute atomic E-state index is 0.0729. The summed E-state index contributed by atoms with van der Waals surface area (Å²) >= 11 is 6.39. The first-order valence-corrected chi connectivity index (χ1v) is 13.6. The summed E-state index contributed by atoms with van der Waals surface area (Å²) in [5, 5.41) is 2.98. The SMILES string of the molecule is CNC(=O)[C@@H](Cc1ccccc1)N(Cc1ccccc1Cl)C(=O)CN(c1ccccc1F)S(=O)(=O)N(C)C. The average Bonchev–Trinajstić information content (AvgIpc) is 2.90. The number of amides is 2. The zero-order chi connectivity index (χ0) is 27.9. The second-order valence-electron chi connectivity index (χ2n) is 8.68. The van der Waals surface area contributed by atoms with Gasteiger partial charge < -0.3 is 10.2 Å². The summed E-state index contributed by atoms with van der Waals surface area (Å²) in [6.07, 6.45) is 0.164. The van der Waals surface area contributed by atoms with Crippen LogP contribution in [0.5, 0.6) is 0 Å². The molecule has 0 aliphatic heterocycles. The van der Waals surface area contributed by atoms with E-state index in [0.717, 1.165) is 15.9 Å². The summed E-state index contributed by atoms with van der Waals surface area (Å²) in [4.78, 5) is 28.3. The number of halogens is 2. The molecular weight excluding hydrogens is 531 g/mol. The van der Waals surface area contributed by atoms with Crippen LogP contribution in [0.25, 0.3) is 0 Å². The van der Waals surface area contributed by atoms with Crippen molar-refractivity contribution in [2.24, 2.45) is 0 Å². The molecule has 0 bridgehead atoms. The second kappa shape index (κ2) is 12.9. The zero-order valence-electron chi connectivity index (χ0n) is 21.3. The molecule has 0 unspecified atom stereocenters. The predicted octanol–water partition coefficient (Wildman–Crippen LogP) is 3.48. The third kappa shape index (κ3) is 6.89. The number of rotatable bonds is 11. The van der Waals surface area contributed by atoms with Gasteiger partial charge in [-0.25, -0.2) is 8.70 Å². The largest absolute Gasteiger partial charge is 0.357 e. The molecule has 0 fully saturated rings. The maximum absolute atomic E-state index is 14.8. The van der Waals surface area contributed by atoms with Gasteiger partial charge in [-0.1, -0.05) is 72.3 Å². The summed E-state index contributed by atoms with van der Waals surface area (Å²) < 4.78 is 42.8. The number of nitrogens with one attached hydrogen (secondary N) is 1. The van der Waals surface area contributed by atoms with Crippen LogP contribution < -0.4 is 9.62 Å². The van der Waals surface area contributed by atoms with Crippen LogP contribution in [0.4, 0.5) is 10.1 Å². The van der Waals surface area contributed by atoms with Crippen LogP contribution in [0.1, 0.15) is 11.1 Å². The minimum atomic E-state index is -4.28. The van der Waals surface area contributed by atoms with Crippen molar-refractivity contribution >= 4 is 39.3 Å².